The van der Waals surface area contributed by atoms with Gasteiger partial charge in [-0.2, -0.15) is 0 Å². The molecule has 3 rings (SSSR count). The second kappa shape index (κ2) is 28.9. The Labute approximate surface area is 282 Å². The number of benzene rings is 3. The lowest BCUT2D eigenvalue weighted by atomic mass is 9.92. The van der Waals surface area contributed by atoms with Crippen LogP contribution in [0.4, 0.5) is 4.39 Å². The van der Waals surface area contributed by atoms with Gasteiger partial charge in [-0.25, -0.2) is 4.39 Å². The molecule has 0 unspecified atom stereocenters. The van der Waals surface area contributed by atoms with E-state index >= 15 is 0 Å². The molecule has 0 aliphatic heterocycles. The minimum absolute atomic E-state index is 0.0731. The predicted molar refractivity (Wildman–Crippen MR) is 199 cm³/mol. The summed E-state index contributed by atoms with van der Waals surface area (Å²) in [5, 5.41) is 9.47. The van der Waals surface area contributed by atoms with Gasteiger partial charge in [-0.3, -0.25) is 4.79 Å². The van der Waals surface area contributed by atoms with Crippen LogP contribution in [0.15, 0.2) is 72.8 Å². The second-order valence-electron chi connectivity index (χ2n) is 11.7. The lowest BCUT2D eigenvalue weighted by molar-refractivity contribution is 0.0773. The molecule has 46 heavy (non-hydrogen) atoms. The fourth-order valence-electron chi connectivity index (χ4n) is 4.17. The van der Waals surface area contributed by atoms with Gasteiger partial charge >= 0.3 is 0 Å². The summed E-state index contributed by atoms with van der Waals surface area (Å²) in [5.74, 6) is 2.00. The first-order valence-electron chi connectivity index (χ1n) is 17.3. The van der Waals surface area contributed by atoms with E-state index in [4.69, 9.17) is 0 Å². The number of rotatable bonds is 12. The van der Waals surface area contributed by atoms with Crippen LogP contribution in [-0.2, 0) is 12.8 Å². The third kappa shape index (κ3) is 21.2. The van der Waals surface area contributed by atoms with Gasteiger partial charge in [0.15, 0.2) is 0 Å². The van der Waals surface area contributed by atoms with Crippen molar-refractivity contribution in [1.82, 2.24) is 4.90 Å². The largest absolute Gasteiger partial charge is 0.508 e. The number of hydrogen-bond acceptors (Lipinski definition) is 2. The van der Waals surface area contributed by atoms with Crippen LogP contribution in [0.2, 0.25) is 0 Å². The van der Waals surface area contributed by atoms with E-state index in [-0.39, 0.29) is 17.5 Å². The van der Waals surface area contributed by atoms with Crippen molar-refractivity contribution in [3.8, 4) is 18.6 Å². The molecule has 256 valence electrons. The van der Waals surface area contributed by atoms with Crippen LogP contribution in [0, 0.1) is 30.5 Å². The topological polar surface area (TPSA) is 40.5 Å². The fraction of sp³-hybridized carbons (Fsp3) is 0.500. The Bertz CT molecular complexity index is 1160. The normalized spacial score (nSPS) is 10.4. The maximum atomic E-state index is 12.4. The van der Waals surface area contributed by atoms with Crippen molar-refractivity contribution in [2.24, 2.45) is 11.8 Å². The van der Waals surface area contributed by atoms with Gasteiger partial charge in [0.2, 0.25) is 0 Å². The van der Waals surface area contributed by atoms with Crippen molar-refractivity contribution in [2.75, 3.05) is 13.1 Å². The van der Waals surface area contributed by atoms with E-state index in [9.17, 15) is 14.3 Å². The number of carbonyl (C=O) groups is 1. The Balaban J connectivity index is 0. The summed E-state index contributed by atoms with van der Waals surface area (Å²) >= 11 is 0. The van der Waals surface area contributed by atoms with Crippen LogP contribution in [0.25, 0.3) is 0 Å². The number of aryl methyl sites for hydroxylation is 1. The van der Waals surface area contributed by atoms with Gasteiger partial charge < -0.3 is 10.0 Å². The fourth-order valence-corrected chi connectivity index (χ4v) is 4.17. The number of phenolic OH excluding ortho intramolecular Hbond substituents is 1. The van der Waals surface area contributed by atoms with Gasteiger partial charge in [0, 0.05) is 18.7 Å². The average Bonchev–Trinajstić information content (AvgIpc) is 3.07. The zero-order chi connectivity index (χ0) is 35.3. The van der Waals surface area contributed by atoms with Crippen molar-refractivity contribution in [2.45, 2.75) is 114 Å². The summed E-state index contributed by atoms with van der Waals surface area (Å²) in [6.45, 7) is 21.0. The zero-order valence-electron chi connectivity index (χ0n) is 30.5. The van der Waals surface area contributed by atoms with Crippen molar-refractivity contribution in [1.29, 1.82) is 0 Å². The first kappa shape index (κ1) is 44.5. The SMILES string of the molecule is C#C.CCCC.CCCCC[C@H](C)C(C)C.CCN(CC)C(=O)c1ccc(Cc2cccc(O)c2)cc1.CCc1cccc(F)c1. The van der Waals surface area contributed by atoms with E-state index in [1.165, 1.54) is 44.6 Å². The maximum absolute atomic E-state index is 12.4. The predicted octanol–water partition coefficient (Wildman–Crippen LogP) is 11.8. The zero-order valence-corrected chi connectivity index (χ0v) is 30.5. The molecule has 0 fully saturated rings. The Hall–Kier alpha value is -3.58. The van der Waals surface area contributed by atoms with Crippen LogP contribution in [0.5, 0.6) is 5.75 Å². The van der Waals surface area contributed by atoms with Crippen molar-refractivity contribution in [3.63, 3.8) is 0 Å². The molecule has 0 aliphatic rings. The highest BCUT2D eigenvalue weighted by Gasteiger charge is 2.12. The summed E-state index contributed by atoms with van der Waals surface area (Å²) in [5.41, 5.74) is 3.95. The molecule has 0 bridgehead atoms. The summed E-state index contributed by atoms with van der Waals surface area (Å²) < 4.78 is 12.4. The molecule has 0 aromatic heterocycles. The van der Waals surface area contributed by atoms with Crippen molar-refractivity contribution in [3.05, 3.63) is 101 Å². The van der Waals surface area contributed by atoms with Crippen LogP contribution >= 0.6 is 0 Å². The molecular formula is C42H64FNO2. The number of nitrogens with zero attached hydrogens (tertiary/aromatic N) is 1. The molecule has 0 aliphatic carbocycles. The minimum atomic E-state index is -0.144. The quantitative estimate of drug-likeness (QED) is 0.159. The first-order chi connectivity index (χ1) is 22.1. The summed E-state index contributed by atoms with van der Waals surface area (Å²) in [4.78, 5) is 14.0. The van der Waals surface area contributed by atoms with Crippen molar-refractivity contribution < 1.29 is 14.3 Å². The number of unbranched alkanes of at least 4 members (excludes halogenated alkanes) is 3. The van der Waals surface area contributed by atoms with Crippen LogP contribution in [-0.4, -0.2) is 29.0 Å². The summed E-state index contributed by atoms with van der Waals surface area (Å²) in [6.07, 6.45) is 17.9. The Morgan fingerprint density at radius 2 is 1.30 bits per heavy atom. The summed E-state index contributed by atoms with van der Waals surface area (Å²) in [6, 6.07) is 21.6. The van der Waals surface area contributed by atoms with E-state index < -0.39 is 0 Å². The van der Waals surface area contributed by atoms with Gasteiger partial charge in [-0.15, -0.1) is 12.8 Å². The average molecular weight is 634 g/mol. The number of phenols is 1. The van der Waals surface area contributed by atoms with Gasteiger partial charge in [0.25, 0.3) is 5.91 Å². The molecule has 4 heteroatoms. The third-order valence-electron chi connectivity index (χ3n) is 7.77. The monoisotopic (exact) mass is 633 g/mol. The molecule has 0 heterocycles. The maximum Gasteiger partial charge on any atom is 0.253 e. The van der Waals surface area contributed by atoms with E-state index in [1.807, 2.05) is 68.1 Å². The number of carbonyl (C=O) groups excluding carboxylic acids is 1. The smallest absolute Gasteiger partial charge is 0.253 e. The van der Waals surface area contributed by atoms with Crippen LogP contribution < -0.4 is 0 Å². The van der Waals surface area contributed by atoms with Gasteiger partial charge in [0.05, 0.1) is 0 Å². The second-order valence-corrected chi connectivity index (χ2v) is 11.7. The molecule has 0 saturated carbocycles. The molecule has 3 aromatic rings. The molecule has 3 aromatic carbocycles. The Kier molecular flexibility index (Phi) is 28.0. The number of hydrogen-bond donors (Lipinski definition) is 1. The molecule has 1 atom stereocenters. The number of terminal acetylenes is 1. The number of aromatic hydroxyl groups is 1. The van der Waals surface area contributed by atoms with E-state index in [1.54, 1.807) is 24.3 Å². The first-order valence-corrected chi connectivity index (χ1v) is 17.3. The number of amides is 1. The van der Waals surface area contributed by atoms with E-state index in [2.05, 4.69) is 54.4 Å². The standard InChI is InChI=1S/C18H21NO2.C10H22.C8H9F.C4H10.C2H2/c1-3-19(4-2)18(21)16-10-8-14(9-11-16)12-15-6-5-7-17(20)13-15;1-5-6-7-8-10(4)9(2)3;1-2-7-4-3-5-8(9)6-7;1-3-4-2;1-2/h5-11,13,20H,3-4,12H2,1-2H3;9-10H,5-8H2,1-4H3;3-6H,2H2,1H3;3-4H2,1-2H3;1-2H/t;10-;;;/m.0.../s1. The highest BCUT2D eigenvalue weighted by Crippen LogP contribution is 2.18. The highest BCUT2D eigenvalue weighted by atomic mass is 19.1. The van der Waals surface area contributed by atoms with Gasteiger partial charge in [-0.05, 0) is 91.6 Å². The Morgan fingerprint density at radius 3 is 1.74 bits per heavy atom. The van der Waals surface area contributed by atoms with E-state index in [0.717, 1.165) is 60.0 Å². The highest BCUT2D eigenvalue weighted by molar-refractivity contribution is 5.94. The molecular weight excluding hydrogens is 569 g/mol. The molecule has 0 spiro atoms. The van der Waals surface area contributed by atoms with Gasteiger partial charge in [-0.1, -0.05) is 123 Å². The van der Waals surface area contributed by atoms with Gasteiger partial charge in [0.1, 0.15) is 11.6 Å². The lowest BCUT2D eigenvalue weighted by Gasteiger charge is -2.18. The van der Waals surface area contributed by atoms with Crippen LogP contribution in [0.1, 0.15) is 128 Å². The Morgan fingerprint density at radius 1 is 0.739 bits per heavy atom. The van der Waals surface area contributed by atoms with E-state index in [0.29, 0.717) is 0 Å². The minimum Gasteiger partial charge on any atom is -0.508 e. The molecule has 0 saturated heterocycles. The number of halogens is 1. The molecule has 3 nitrogen and oxygen atoms in total. The molecule has 1 amide bonds. The van der Waals surface area contributed by atoms with Crippen LogP contribution in [0.3, 0.4) is 0 Å². The molecule has 0 radical (unpaired) electrons. The molecule has 1 N–H and O–H groups in total. The third-order valence-corrected chi connectivity index (χ3v) is 7.77. The summed E-state index contributed by atoms with van der Waals surface area (Å²) in [7, 11) is 0. The lowest BCUT2D eigenvalue weighted by Crippen LogP contribution is -2.30. The van der Waals surface area contributed by atoms with Crippen molar-refractivity contribution >= 4 is 5.91 Å².